The number of para-hydroxylation sites is 1. The molecule has 2 aromatic carbocycles. The van der Waals surface area contributed by atoms with Crippen LogP contribution in [0.1, 0.15) is 19.3 Å². The number of benzene rings is 2. The minimum Gasteiger partial charge on any atom is -0.325 e. The van der Waals surface area contributed by atoms with Crippen molar-refractivity contribution in [2.45, 2.75) is 19.3 Å². The van der Waals surface area contributed by atoms with Gasteiger partial charge in [0.1, 0.15) is 10.8 Å². The number of carbonyl (C=O) groups is 1. The Kier molecular flexibility index (Phi) is 4.95. The summed E-state index contributed by atoms with van der Waals surface area (Å²) < 4.78 is 14.9. The molecule has 1 amide bonds. The van der Waals surface area contributed by atoms with Crippen LogP contribution in [0.3, 0.4) is 0 Å². The zero-order valence-corrected chi connectivity index (χ0v) is 15.1. The van der Waals surface area contributed by atoms with Gasteiger partial charge < -0.3 is 10.6 Å². The molecule has 0 saturated carbocycles. The van der Waals surface area contributed by atoms with Crippen molar-refractivity contribution in [2.75, 3.05) is 18.4 Å². The van der Waals surface area contributed by atoms with Crippen LogP contribution in [0.5, 0.6) is 0 Å². The van der Waals surface area contributed by atoms with Gasteiger partial charge >= 0.3 is 0 Å². The normalized spacial score (nSPS) is 16.9. The summed E-state index contributed by atoms with van der Waals surface area (Å²) in [6.07, 6.45) is 2.47. The Labute approximate surface area is 155 Å². The van der Waals surface area contributed by atoms with E-state index in [1.54, 1.807) is 6.07 Å². The van der Waals surface area contributed by atoms with E-state index in [0.29, 0.717) is 28.6 Å². The van der Waals surface area contributed by atoms with Crippen LogP contribution >= 0.6 is 11.3 Å². The van der Waals surface area contributed by atoms with Crippen LogP contribution in [0.25, 0.3) is 20.8 Å². The maximum atomic E-state index is 13.8. The number of aromatic nitrogens is 1. The van der Waals surface area contributed by atoms with Gasteiger partial charge in [-0.1, -0.05) is 12.1 Å². The summed E-state index contributed by atoms with van der Waals surface area (Å²) in [6, 6.07) is 12.2. The predicted octanol–water partition coefficient (Wildman–Crippen LogP) is 4.43. The molecule has 1 fully saturated rings. The zero-order valence-electron chi connectivity index (χ0n) is 14.3. The molecule has 1 saturated heterocycles. The largest absolute Gasteiger partial charge is 0.325 e. The average molecular weight is 369 g/mol. The van der Waals surface area contributed by atoms with Gasteiger partial charge in [-0.25, -0.2) is 9.37 Å². The number of nitrogens with one attached hydrogen (secondary N) is 2. The predicted molar refractivity (Wildman–Crippen MR) is 104 cm³/mol. The number of hydrogen-bond donors (Lipinski definition) is 2. The lowest BCUT2D eigenvalue weighted by Crippen LogP contribution is -2.15. The number of nitrogens with zero attached hydrogens (tertiary/aromatic N) is 1. The van der Waals surface area contributed by atoms with Crippen molar-refractivity contribution in [1.29, 1.82) is 0 Å². The fraction of sp³-hybridized carbons (Fsp3) is 0.300. The van der Waals surface area contributed by atoms with E-state index >= 15 is 0 Å². The number of anilines is 1. The maximum absolute atomic E-state index is 13.8. The summed E-state index contributed by atoms with van der Waals surface area (Å²) in [5.41, 5.74) is 2.12. The van der Waals surface area contributed by atoms with Crippen LogP contribution in [0.4, 0.5) is 10.1 Å². The van der Waals surface area contributed by atoms with Crippen LogP contribution in [0.2, 0.25) is 0 Å². The first kappa shape index (κ1) is 17.1. The van der Waals surface area contributed by atoms with Gasteiger partial charge in [0, 0.05) is 12.0 Å². The molecule has 1 unspecified atom stereocenters. The highest BCUT2D eigenvalue weighted by Crippen LogP contribution is 2.35. The number of fused-ring (bicyclic) bond motifs is 1. The van der Waals surface area contributed by atoms with Gasteiger partial charge in [-0.05, 0) is 62.2 Å². The van der Waals surface area contributed by atoms with Gasteiger partial charge in [0.25, 0.3) is 0 Å². The highest BCUT2D eigenvalue weighted by molar-refractivity contribution is 7.21. The monoisotopic (exact) mass is 369 g/mol. The Morgan fingerprint density at radius 1 is 1.31 bits per heavy atom. The summed E-state index contributed by atoms with van der Waals surface area (Å²) >= 11 is 1.50. The molecule has 0 aliphatic carbocycles. The lowest BCUT2D eigenvalue weighted by molar-refractivity contribution is -0.116. The molecule has 0 radical (unpaired) electrons. The molecule has 0 bridgehead atoms. The second-order valence-corrected chi connectivity index (χ2v) is 7.65. The van der Waals surface area contributed by atoms with Gasteiger partial charge in [0.15, 0.2) is 0 Å². The molecule has 1 aromatic heterocycles. The molecule has 4 rings (SSSR count). The first-order valence-corrected chi connectivity index (χ1v) is 9.67. The SMILES string of the molecule is O=C(CCC1CCNC1)Nc1ccc(F)cc1-c1nc2ccccc2s1. The molecule has 3 aromatic rings. The molecule has 2 heterocycles. The minimum atomic E-state index is -0.339. The highest BCUT2D eigenvalue weighted by atomic mass is 32.1. The van der Waals surface area contributed by atoms with Gasteiger partial charge in [0.2, 0.25) is 5.91 Å². The molecular weight excluding hydrogens is 349 g/mol. The summed E-state index contributed by atoms with van der Waals surface area (Å²) in [5, 5.41) is 6.97. The van der Waals surface area contributed by atoms with Crippen molar-refractivity contribution in [3.8, 4) is 10.6 Å². The van der Waals surface area contributed by atoms with E-state index in [-0.39, 0.29) is 11.7 Å². The third kappa shape index (κ3) is 3.76. The molecule has 134 valence electrons. The summed E-state index contributed by atoms with van der Waals surface area (Å²) in [7, 11) is 0. The van der Waals surface area contributed by atoms with Gasteiger partial charge in [0.05, 0.1) is 15.9 Å². The van der Waals surface area contributed by atoms with E-state index in [1.165, 1.54) is 23.5 Å². The molecular formula is C20H20FN3OS. The van der Waals surface area contributed by atoms with E-state index < -0.39 is 0 Å². The van der Waals surface area contributed by atoms with Gasteiger partial charge in [-0.2, -0.15) is 0 Å². The van der Waals surface area contributed by atoms with Crippen molar-refractivity contribution >= 4 is 33.1 Å². The quantitative estimate of drug-likeness (QED) is 0.699. The Morgan fingerprint density at radius 2 is 2.19 bits per heavy atom. The second-order valence-electron chi connectivity index (χ2n) is 6.62. The Balaban J connectivity index is 1.55. The number of rotatable bonds is 5. The third-order valence-corrected chi connectivity index (χ3v) is 5.79. The number of amides is 1. The number of carbonyl (C=O) groups excluding carboxylic acids is 1. The molecule has 26 heavy (non-hydrogen) atoms. The van der Waals surface area contributed by atoms with Crippen LogP contribution in [-0.4, -0.2) is 24.0 Å². The first-order chi connectivity index (χ1) is 12.7. The fourth-order valence-corrected chi connectivity index (χ4v) is 4.29. The number of thiazole rings is 1. The minimum absolute atomic E-state index is 0.0362. The molecule has 2 N–H and O–H groups in total. The molecule has 4 nitrogen and oxygen atoms in total. The molecule has 1 aliphatic heterocycles. The van der Waals surface area contributed by atoms with Crippen LogP contribution < -0.4 is 10.6 Å². The van der Waals surface area contributed by atoms with Gasteiger partial charge in [-0.3, -0.25) is 4.79 Å². The lowest BCUT2D eigenvalue weighted by atomic mass is 10.0. The number of hydrogen-bond acceptors (Lipinski definition) is 4. The van der Waals surface area contributed by atoms with Crippen LogP contribution in [0.15, 0.2) is 42.5 Å². The van der Waals surface area contributed by atoms with E-state index in [0.717, 1.165) is 36.1 Å². The van der Waals surface area contributed by atoms with E-state index in [4.69, 9.17) is 0 Å². The fourth-order valence-electron chi connectivity index (χ4n) is 3.30. The third-order valence-electron chi connectivity index (χ3n) is 4.72. The summed E-state index contributed by atoms with van der Waals surface area (Å²) in [5.74, 6) is 0.192. The average Bonchev–Trinajstić information content (AvgIpc) is 3.30. The van der Waals surface area contributed by atoms with Crippen molar-refractivity contribution in [2.24, 2.45) is 5.92 Å². The van der Waals surface area contributed by atoms with Crippen molar-refractivity contribution < 1.29 is 9.18 Å². The van der Waals surface area contributed by atoms with Crippen LogP contribution in [-0.2, 0) is 4.79 Å². The summed E-state index contributed by atoms with van der Waals surface area (Å²) in [6.45, 7) is 2.02. The smallest absolute Gasteiger partial charge is 0.224 e. The van der Waals surface area contributed by atoms with Crippen molar-refractivity contribution in [3.63, 3.8) is 0 Å². The van der Waals surface area contributed by atoms with Crippen molar-refractivity contribution in [1.82, 2.24) is 10.3 Å². The van der Waals surface area contributed by atoms with E-state index in [9.17, 15) is 9.18 Å². The maximum Gasteiger partial charge on any atom is 0.224 e. The molecule has 1 atom stereocenters. The Morgan fingerprint density at radius 3 is 3.00 bits per heavy atom. The lowest BCUT2D eigenvalue weighted by Gasteiger charge is -2.11. The number of halogens is 1. The van der Waals surface area contributed by atoms with Crippen LogP contribution in [0, 0.1) is 11.7 Å². The Hall–Kier alpha value is -2.31. The molecule has 6 heteroatoms. The zero-order chi connectivity index (χ0) is 17.9. The first-order valence-electron chi connectivity index (χ1n) is 8.85. The Bertz CT molecular complexity index is 901. The summed E-state index contributed by atoms with van der Waals surface area (Å²) in [4.78, 5) is 17.0. The van der Waals surface area contributed by atoms with E-state index in [2.05, 4.69) is 15.6 Å². The van der Waals surface area contributed by atoms with Gasteiger partial charge in [-0.15, -0.1) is 11.3 Å². The topological polar surface area (TPSA) is 54.0 Å². The highest BCUT2D eigenvalue weighted by Gasteiger charge is 2.17. The van der Waals surface area contributed by atoms with E-state index in [1.807, 2.05) is 24.3 Å². The molecule has 0 spiro atoms. The standard InChI is InChI=1S/C20H20FN3OS/c21-14-6-7-16(23-19(25)8-5-13-9-10-22-12-13)15(11-14)20-24-17-3-1-2-4-18(17)26-20/h1-4,6-7,11,13,22H,5,8-10,12H2,(H,23,25). The second kappa shape index (κ2) is 7.51. The molecule has 1 aliphatic rings. The van der Waals surface area contributed by atoms with Crippen molar-refractivity contribution in [3.05, 3.63) is 48.3 Å².